The smallest absolute Gasteiger partial charge is 0.270 e. The standard InChI is InChI=1S/C12H10N4OS2/c1-6-3-4-8(5-7(6)2)9-10(17)16-11(14-13-9)19-12(18)15-16/h3-5H,1-2H3,(H,15,18). The Morgan fingerprint density at radius 2 is 2.05 bits per heavy atom. The highest BCUT2D eigenvalue weighted by Gasteiger charge is 2.11. The second kappa shape index (κ2) is 4.36. The van der Waals surface area contributed by atoms with Crippen molar-refractivity contribution >= 4 is 28.5 Å². The number of nitrogens with zero attached hydrogens (tertiary/aromatic N) is 3. The van der Waals surface area contributed by atoms with Gasteiger partial charge < -0.3 is 0 Å². The van der Waals surface area contributed by atoms with Crippen LogP contribution in [0.5, 0.6) is 0 Å². The summed E-state index contributed by atoms with van der Waals surface area (Å²) in [4.78, 5) is 12.8. The Kier molecular flexibility index (Phi) is 2.79. The molecule has 5 nitrogen and oxygen atoms in total. The predicted octanol–water partition coefficient (Wildman–Crippen LogP) is 2.49. The Morgan fingerprint density at radius 1 is 1.26 bits per heavy atom. The van der Waals surface area contributed by atoms with Gasteiger partial charge in [-0.15, -0.1) is 10.2 Å². The van der Waals surface area contributed by atoms with Crippen molar-refractivity contribution in [2.45, 2.75) is 13.8 Å². The summed E-state index contributed by atoms with van der Waals surface area (Å²) < 4.78 is 1.84. The average Bonchev–Trinajstić information content (AvgIpc) is 2.75. The van der Waals surface area contributed by atoms with Gasteiger partial charge in [-0.1, -0.05) is 23.5 Å². The van der Waals surface area contributed by atoms with Gasteiger partial charge in [-0.25, -0.2) is 0 Å². The molecule has 0 saturated carbocycles. The Morgan fingerprint density at radius 3 is 2.79 bits per heavy atom. The van der Waals surface area contributed by atoms with Crippen molar-refractivity contribution in [1.82, 2.24) is 19.8 Å². The summed E-state index contributed by atoms with van der Waals surface area (Å²) in [5.41, 5.74) is 3.14. The van der Waals surface area contributed by atoms with Crippen molar-refractivity contribution in [1.29, 1.82) is 0 Å². The SMILES string of the molecule is Cc1ccc(-c2nnc3sc(=S)[nH]n3c2=O)cc1C. The van der Waals surface area contributed by atoms with Crippen LogP contribution < -0.4 is 5.56 Å². The maximum atomic E-state index is 12.3. The van der Waals surface area contributed by atoms with E-state index in [1.165, 1.54) is 21.4 Å². The van der Waals surface area contributed by atoms with Crippen LogP contribution in [0.4, 0.5) is 0 Å². The molecule has 2 aromatic heterocycles. The molecular formula is C12H10N4OS2. The lowest BCUT2D eigenvalue weighted by molar-refractivity contribution is 0.855. The maximum absolute atomic E-state index is 12.3. The van der Waals surface area contributed by atoms with E-state index >= 15 is 0 Å². The first kappa shape index (κ1) is 12.2. The van der Waals surface area contributed by atoms with E-state index in [4.69, 9.17) is 12.2 Å². The molecule has 2 heterocycles. The zero-order chi connectivity index (χ0) is 13.6. The maximum Gasteiger partial charge on any atom is 0.300 e. The van der Waals surface area contributed by atoms with Crippen LogP contribution >= 0.6 is 23.6 Å². The molecule has 3 rings (SSSR count). The predicted molar refractivity (Wildman–Crippen MR) is 77.2 cm³/mol. The van der Waals surface area contributed by atoms with Crippen LogP contribution in [0.25, 0.3) is 16.2 Å². The van der Waals surface area contributed by atoms with Gasteiger partial charge >= 0.3 is 0 Å². The van der Waals surface area contributed by atoms with Gasteiger partial charge in [0.2, 0.25) is 4.96 Å². The number of fused-ring (bicyclic) bond motifs is 1. The Labute approximate surface area is 117 Å². The van der Waals surface area contributed by atoms with E-state index < -0.39 is 0 Å². The number of nitrogens with one attached hydrogen (secondary N) is 1. The lowest BCUT2D eigenvalue weighted by Crippen LogP contribution is -2.19. The van der Waals surface area contributed by atoms with Gasteiger partial charge in [0, 0.05) is 5.56 Å². The van der Waals surface area contributed by atoms with Gasteiger partial charge in [-0.05, 0) is 43.3 Å². The van der Waals surface area contributed by atoms with Crippen molar-refractivity contribution in [2.24, 2.45) is 0 Å². The third-order valence-corrected chi connectivity index (χ3v) is 4.06. The first-order chi connectivity index (χ1) is 9.06. The van der Waals surface area contributed by atoms with Gasteiger partial charge in [0.15, 0.2) is 9.65 Å². The monoisotopic (exact) mass is 290 g/mol. The lowest BCUT2D eigenvalue weighted by Gasteiger charge is -2.03. The number of rotatable bonds is 1. The zero-order valence-electron chi connectivity index (χ0n) is 10.3. The van der Waals surface area contributed by atoms with Crippen molar-refractivity contribution < 1.29 is 0 Å². The Balaban J connectivity index is 2.30. The molecule has 0 saturated heterocycles. The van der Waals surface area contributed by atoms with E-state index in [-0.39, 0.29) is 5.56 Å². The first-order valence-electron chi connectivity index (χ1n) is 5.62. The van der Waals surface area contributed by atoms with Gasteiger partial charge in [0.25, 0.3) is 5.56 Å². The van der Waals surface area contributed by atoms with E-state index in [0.717, 1.165) is 11.1 Å². The van der Waals surface area contributed by atoms with E-state index in [0.29, 0.717) is 14.6 Å². The fraction of sp³-hybridized carbons (Fsp3) is 0.167. The minimum Gasteiger partial charge on any atom is -0.270 e. The summed E-state index contributed by atoms with van der Waals surface area (Å²) in [6.45, 7) is 4.03. The molecule has 0 aliphatic rings. The second-order valence-corrected chi connectivity index (χ2v) is 5.92. The highest BCUT2D eigenvalue weighted by molar-refractivity contribution is 7.73. The molecule has 1 N–H and O–H groups in total. The molecule has 7 heteroatoms. The number of aromatic nitrogens is 4. The lowest BCUT2D eigenvalue weighted by atomic mass is 10.0. The summed E-state index contributed by atoms with van der Waals surface area (Å²) in [5, 5.41) is 10.8. The Hall–Kier alpha value is -1.86. The van der Waals surface area contributed by atoms with Gasteiger partial charge in [0.05, 0.1) is 0 Å². The largest absolute Gasteiger partial charge is 0.300 e. The Bertz CT molecular complexity index is 891. The molecule has 0 aliphatic heterocycles. The molecule has 0 radical (unpaired) electrons. The summed E-state index contributed by atoms with van der Waals surface area (Å²) in [7, 11) is 0. The molecule has 0 bridgehead atoms. The molecular weight excluding hydrogens is 280 g/mol. The van der Waals surface area contributed by atoms with Crippen LogP contribution in [-0.2, 0) is 0 Å². The molecule has 0 atom stereocenters. The number of aryl methyl sites for hydroxylation is 2. The molecule has 0 amide bonds. The number of aromatic amines is 1. The van der Waals surface area contributed by atoms with Crippen molar-refractivity contribution in [3.63, 3.8) is 0 Å². The fourth-order valence-corrected chi connectivity index (χ4v) is 2.72. The highest BCUT2D eigenvalue weighted by atomic mass is 32.1. The minimum atomic E-state index is -0.236. The van der Waals surface area contributed by atoms with Gasteiger partial charge in [0.1, 0.15) is 0 Å². The molecule has 96 valence electrons. The van der Waals surface area contributed by atoms with Gasteiger partial charge in [-0.2, -0.15) is 4.52 Å². The number of benzene rings is 1. The quantitative estimate of drug-likeness (QED) is 0.699. The van der Waals surface area contributed by atoms with Crippen LogP contribution in [-0.4, -0.2) is 19.8 Å². The summed E-state index contributed by atoms with van der Waals surface area (Å²) >= 11 is 6.23. The van der Waals surface area contributed by atoms with E-state index in [2.05, 4.69) is 15.3 Å². The minimum absolute atomic E-state index is 0.236. The van der Waals surface area contributed by atoms with Crippen LogP contribution in [0, 0.1) is 17.8 Å². The van der Waals surface area contributed by atoms with Crippen LogP contribution in [0.15, 0.2) is 23.0 Å². The van der Waals surface area contributed by atoms with E-state index in [1.807, 2.05) is 32.0 Å². The van der Waals surface area contributed by atoms with E-state index in [1.54, 1.807) is 0 Å². The summed E-state index contributed by atoms with van der Waals surface area (Å²) in [6.07, 6.45) is 0. The molecule has 0 fully saturated rings. The topological polar surface area (TPSA) is 63.1 Å². The molecule has 0 aliphatic carbocycles. The highest BCUT2D eigenvalue weighted by Crippen LogP contribution is 2.17. The van der Waals surface area contributed by atoms with E-state index in [9.17, 15) is 4.79 Å². The molecule has 1 aromatic carbocycles. The molecule has 0 spiro atoms. The first-order valence-corrected chi connectivity index (χ1v) is 6.85. The number of H-pyrrole nitrogens is 1. The fourth-order valence-electron chi connectivity index (χ4n) is 1.80. The zero-order valence-corrected chi connectivity index (χ0v) is 11.9. The second-order valence-electron chi connectivity index (χ2n) is 4.27. The number of hydrogen-bond donors (Lipinski definition) is 1. The number of hydrogen-bond acceptors (Lipinski definition) is 5. The van der Waals surface area contributed by atoms with Crippen LogP contribution in [0.3, 0.4) is 0 Å². The molecule has 0 unspecified atom stereocenters. The van der Waals surface area contributed by atoms with Crippen LogP contribution in [0.1, 0.15) is 11.1 Å². The van der Waals surface area contributed by atoms with Crippen molar-refractivity contribution in [3.8, 4) is 11.3 Å². The third kappa shape index (κ3) is 2.00. The van der Waals surface area contributed by atoms with Gasteiger partial charge in [-0.3, -0.25) is 9.89 Å². The summed E-state index contributed by atoms with van der Waals surface area (Å²) in [5.74, 6) is 0. The van der Waals surface area contributed by atoms with Crippen molar-refractivity contribution in [3.05, 3.63) is 43.6 Å². The average molecular weight is 290 g/mol. The third-order valence-electron chi connectivity index (χ3n) is 3.00. The van der Waals surface area contributed by atoms with Crippen molar-refractivity contribution in [2.75, 3.05) is 0 Å². The molecule has 19 heavy (non-hydrogen) atoms. The normalized spacial score (nSPS) is 11.1. The summed E-state index contributed by atoms with van der Waals surface area (Å²) in [6, 6.07) is 5.78. The van der Waals surface area contributed by atoms with Crippen LogP contribution in [0.2, 0.25) is 0 Å². The molecule has 3 aromatic rings.